The molecule has 1 atom stereocenters. The van der Waals surface area contributed by atoms with E-state index in [0.29, 0.717) is 25.4 Å². The number of aromatic nitrogens is 2. The number of benzene rings is 1. The molecular weight excluding hydrogens is 334 g/mol. The standard InChI is InChI=1S/C19H25N3O4/c1-13(2)14-3-5-15(6-4-14)22-12-17(24)18(20-22)19(25)21-8-7-16(11-21)26-10-9-23/h3-6,12-13,16,23-24H,7-11H2,1-2H3. The summed E-state index contributed by atoms with van der Waals surface area (Å²) in [6.07, 6.45) is 2.08. The summed E-state index contributed by atoms with van der Waals surface area (Å²) in [5, 5.41) is 23.3. The van der Waals surface area contributed by atoms with Gasteiger partial charge in [0.1, 0.15) is 0 Å². The Kier molecular flexibility index (Phi) is 5.58. The molecule has 1 aromatic heterocycles. The van der Waals surface area contributed by atoms with Crippen molar-refractivity contribution in [1.82, 2.24) is 14.7 Å². The molecule has 1 unspecified atom stereocenters. The predicted molar refractivity (Wildman–Crippen MR) is 96.7 cm³/mol. The summed E-state index contributed by atoms with van der Waals surface area (Å²) in [6, 6.07) is 7.88. The lowest BCUT2D eigenvalue weighted by Gasteiger charge is -2.15. The van der Waals surface area contributed by atoms with Gasteiger partial charge in [0.15, 0.2) is 11.4 Å². The first-order valence-corrected chi connectivity index (χ1v) is 8.90. The zero-order chi connectivity index (χ0) is 18.7. The third-order valence-corrected chi connectivity index (χ3v) is 4.60. The topological polar surface area (TPSA) is 87.8 Å². The lowest BCUT2D eigenvalue weighted by molar-refractivity contribution is 0.0329. The van der Waals surface area contributed by atoms with Gasteiger partial charge in [0.2, 0.25) is 0 Å². The SMILES string of the molecule is CC(C)c1ccc(-n2cc(O)c(C(=O)N3CCC(OCCO)C3)n2)cc1. The highest BCUT2D eigenvalue weighted by Gasteiger charge is 2.30. The van der Waals surface area contributed by atoms with Crippen molar-refractivity contribution in [3.05, 3.63) is 41.7 Å². The first-order valence-electron chi connectivity index (χ1n) is 8.90. The quantitative estimate of drug-likeness (QED) is 0.823. The van der Waals surface area contributed by atoms with Gasteiger partial charge in [0, 0.05) is 13.1 Å². The number of likely N-dealkylation sites (tertiary alicyclic amines) is 1. The molecule has 1 amide bonds. The molecule has 140 valence electrons. The minimum Gasteiger partial charge on any atom is -0.504 e. The smallest absolute Gasteiger partial charge is 0.278 e. The molecule has 0 spiro atoms. The van der Waals surface area contributed by atoms with Crippen molar-refractivity contribution >= 4 is 5.91 Å². The molecule has 26 heavy (non-hydrogen) atoms. The van der Waals surface area contributed by atoms with Gasteiger partial charge in [-0.1, -0.05) is 26.0 Å². The molecule has 2 N–H and O–H groups in total. The van der Waals surface area contributed by atoms with Crippen LogP contribution in [0.25, 0.3) is 5.69 Å². The third kappa shape index (κ3) is 3.89. The van der Waals surface area contributed by atoms with Gasteiger partial charge in [0.05, 0.1) is 31.2 Å². The van der Waals surface area contributed by atoms with Gasteiger partial charge < -0.3 is 19.8 Å². The van der Waals surface area contributed by atoms with Gasteiger partial charge in [-0.2, -0.15) is 5.10 Å². The summed E-state index contributed by atoms with van der Waals surface area (Å²) in [4.78, 5) is 14.3. The number of amides is 1. The Bertz CT molecular complexity index is 755. The van der Waals surface area contributed by atoms with Crippen molar-refractivity contribution in [2.45, 2.75) is 32.3 Å². The highest BCUT2D eigenvalue weighted by Crippen LogP contribution is 2.23. The van der Waals surface area contributed by atoms with Crippen molar-refractivity contribution in [3.8, 4) is 11.4 Å². The van der Waals surface area contributed by atoms with E-state index in [0.717, 1.165) is 5.69 Å². The number of carbonyl (C=O) groups excluding carboxylic acids is 1. The Balaban J connectivity index is 1.72. The van der Waals surface area contributed by atoms with E-state index in [1.54, 1.807) is 4.90 Å². The van der Waals surface area contributed by atoms with E-state index in [1.165, 1.54) is 16.4 Å². The van der Waals surface area contributed by atoms with Crippen molar-refractivity contribution in [1.29, 1.82) is 0 Å². The number of aliphatic hydroxyl groups is 1. The molecular formula is C19H25N3O4. The fourth-order valence-electron chi connectivity index (χ4n) is 3.08. The third-order valence-electron chi connectivity index (χ3n) is 4.60. The van der Waals surface area contributed by atoms with Crippen molar-refractivity contribution in [3.63, 3.8) is 0 Å². The summed E-state index contributed by atoms with van der Waals surface area (Å²) < 4.78 is 6.99. The van der Waals surface area contributed by atoms with Crippen LogP contribution in [0.2, 0.25) is 0 Å². The predicted octanol–water partition coefficient (Wildman–Crippen LogP) is 1.92. The molecule has 2 aromatic rings. The molecule has 7 heteroatoms. The molecule has 0 radical (unpaired) electrons. The summed E-state index contributed by atoms with van der Waals surface area (Å²) >= 11 is 0. The average molecular weight is 359 g/mol. The Morgan fingerprint density at radius 3 is 2.73 bits per heavy atom. The van der Waals surface area contributed by atoms with Gasteiger partial charge in [-0.3, -0.25) is 4.79 Å². The second kappa shape index (κ2) is 7.88. The monoisotopic (exact) mass is 359 g/mol. The van der Waals surface area contributed by atoms with Crippen LogP contribution in [0.4, 0.5) is 0 Å². The van der Waals surface area contributed by atoms with E-state index < -0.39 is 0 Å². The molecule has 0 aliphatic carbocycles. The number of rotatable bonds is 6. The summed E-state index contributed by atoms with van der Waals surface area (Å²) in [5.41, 5.74) is 2.04. The van der Waals surface area contributed by atoms with E-state index in [9.17, 15) is 9.90 Å². The number of aliphatic hydroxyl groups excluding tert-OH is 1. The number of nitrogens with zero attached hydrogens (tertiary/aromatic N) is 3. The highest BCUT2D eigenvalue weighted by atomic mass is 16.5. The van der Waals surface area contributed by atoms with E-state index in [4.69, 9.17) is 9.84 Å². The van der Waals surface area contributed by atoms with Gasteiger partial charge in [0.25, 0.3) is 5.91 Å². The van der Waals surface area contributed by atoms with Crippen LogP contribution >= 0.6 is 0 Å². The molecule has 0 saturated carbocycles. The zero-order valence-electron chi connectivity index (χ0n) is 15.1. The van der Waals surface area contributed by atoms with E-state index in [1.807, 2.05) is 24.3 Å². The van der Waals surface area contributed by atoms with Gasteiger partial charge in [-0.05, 0) is 30.0 Å². The van der Waals surface area contributed by atoms with Crippen molar-refractivity contribution in [2.24, 2.45) is 0 Å². The van der Waals surface area contributed by atoms with Crippen LogP contribution in [-0.2, 0) is 4.74 Å². The molecule has 3 rings (SSSR count). The van der Waals surface area contributed by atoms with Crippen molar-refractivity contribution in [2.75, 3.05) is 26.3 Å². The molecule has 0 bridgehead atoms. The Labute approximate surface area is 152 Å². The minimum atomic E-state index is -0.310. The molecule has 1 aromatic carbocycles. The van der Waals surface area contributed by atoms with Crippen LogP contribution in [0.5, 0.6) is 5.75 Å². The fraction of sp³-hybridized carbons (Fsp3) is 0.474. The van der Waals surface area contributed by atoms with Gasteiger partial charge >= 0.3 is 0 Å². The second-order valence-electron chi connectivity index (χ2n) is 6.81. The molecule has 7 nitrogen and oxygen atoms in total. The lowest BCUT2D eigenvalue weighted by Crippen LogP contribution is -2.30. The van der Waals surface area contributed by atoms with Crippen molar-refractivity contribution < 1.29 is 19.7 Å². The second-order valence-corrected chi connectivity index (χ2v) is 6.81. The van der Waals surface area contributed by atoms with Gasteiger partial charge in [-0.25, -0.2) is 4.68 Å². The first kappa shape index (κ1) is 18.4. The van der Waals surface area contributed by atoms with E-state index in [-0.39, 0.29) is 36.7 Å². The van der Waals surface area contributed by atoms with Crippen LogP contribution in [-0.4, -0.2) is 63.2 Å². The average Bonchev–Trinajstić information content (AvgIpc) is 3.26. The minimum absolute atomic E-state index is 0.0365. The number of carbonyl (C=O) groups is 1. The highest BCUT2D eigenvalue weighted by molar-refractivity contribution is 5.95. The lowest BCUT2D eigenvalue weighted by atomic mass is 10.0. The number of hydrogen-bond donors (Lipinski definition) is 2. The Hall–Kier alpha value is -2.38. The maximum absolute atomic E-state index is 12.7. The maximum atomic E-state index is 12.7. The fourth-order valence-corrected chi connectivity index (χ4v) is 3.08. The normalized spacial score (nSPS) is 17.2. The Morgan fingerprint density at radius 1 is 1.35 bits per heavy atom. The zero-order valence-corrected chi connectivity index (χ0v) is 15.1. The van der Waals surface area contributed by atoms with Crippen LogP contribution in [0.15, 0.2) is 30.5 Å². The van der Waals surface area contributed by atoms with Crippen LogP contribution in [0.1, 0.15) is 42.2 Å². The summed E-state index contributed by atoms with van der Waals surface area (Å²) in [7, 11) is 0. The largest absolute Gasteiger partial charge is 0.504 e. The molecule has 1 fully saturated rings. The van der Waals surface area contributed by atoms with Crippen LogP contribution in [0.3, 0.4) is 0 Å². The van der Waals surface area contributed by atoms with Gasteiger partial charge in [-0.15, -0.1) is 0 Å². The summed E-state index contributed by atoms with van der Waals surface area (Å²) in [6.45, 7) is 5.46. The van der Waals surface area contributed by atoms with E-state index in [2.05, 4.69) is 18.9 Å². The van der Waals surface area contributed by atoms with Crippen LogP contribution in [0, 0.1) is 0 Å². The Morgan fingerprint density at radius 2 is 2.08 bits per heavy atom. The van der Waals surface area contributed by atoms with E-state index >= 15 is 0 Å². The van der Waals surface area contributed by atoms with Crippen LogP contribution < -0.4 is 0 Å². The number of ether oxygens (including phenoxy) is 1. The number of hydrogen-bond acceptors (Lipinski definition) is 5. The number of aromatic hydroxyl groups is 1. The first-order chi connectivity index (χ1) is 12.5. The molecule has 1 aliphatic rings. The molecule has 1 aliphatic heterocycles. The molecule has 1 saturated heterocycles. The maximum Gasteiger partial charge on any atom is 0.278 e. The summed E-state index contributed by atoms with van der Waals surface area (Å²) in [5.74, 6) is -0.0128. The molecule has 2 heterocycles.